The molecule has 0 aliphatic heterocycles. The monoisotopic (exact) mass is 246 g/mol. The molecule has 0 spiro atoms. The summed E-state index contributed by atoms with van der Waals surface area (Å²) in [5, 5.41) is 0. The molecular weight excluding hydrogens is 228 g/mol. The summed E-state index contributed by atoms with van der Waals surface area (Å²) in [7, 11) is 0. The quantitative estimate of drug-likeness (QED) is 0.336. The molecule has 0 unspecified atom stereocenters. The first kappa shape index (κ1) is 14.8. The van der Waals surface area contributed by atoms with E-state index < -0.39 is 19.2 Å². The van der Waals surface area contributed by atoms with Crippen molar-refractivity contribution in [3.63, 3.8) is 0 Å². The summed E-state index contributed by atoms with van der Waals surface area (Å²) >= 11 is -0.853. The van der Waals surface area contributed by atoms with Crippen LogP contribution in [0.15, 0.2) is 25.3 Å². The molecule has 0 atom stereocenters. The number of hydrogen-bond donors (Lipinski definition) is 0. The van der Waals surface area contributed by atoms with Gasteiger partial charge >= 0.3 is 100 Å². The summed E-state index contributed by atoms with van der Waals surface area (Å²) in [5.41, 5.74) is 0. The Morgan fingerprint density at radius 3 is 2.27 bits per heavy atom. The number of rotatable bonds is 10. The minimum atomic E-state index is -0.853. The van der Waals surface area contributed by atoms with Crippen LogP contribution < -0.4 is 0 Å². The Kier molecular flexibility index (Phi) is 10.2. The van der Waals surface area contributed by atoms with Gasteiger partial charge in [0.05, 0.1) is 0 Å². The molecule has 0 bridgehead atoms. The number of carbonyl (C=O) groups excluding carboxylic acids is 1. The van der Waals surface area contributed by atoms with Gasteiger partial charge in [0.1, 0.15) is 0 Å². The molecule has 0 aliphatic carbocycles. The van der Waals surface area contributed by atoms with Gasteiger partial charge in [-0.15, -0.1) is 0 Å². The van der Waals surface area contributed by atoms with Crippen LogP contribution in [0.5, 0.6) is 0 Å². The molecule has 84 valence electrons. The van der Waals surface area contributed by atoms with Crippen molar-refractivity contribution in [3.05, 3.63) is 25.3 Å². The average Bonchev–Trinajstić information content (AvgIpc) is 2.22. The van der Waals surface area contributed by atoms with Crippen molar-refractivity contribution in [3.8, 4) is 0 Å². The summed E-state index contributed by atoms with van der Waals surface area (Å²) in [6, 6.07) is 0. The predicted molar refractivity (Wildman–Crippen MR) is 56.0 cm³/mol. The molecule has 4 heteroatoms. The van der Waals surface area contributed by atoms with Crippen LogP contribution in [0.1, 0.15) is 19.8 Å². The average molecular weight is 246 g/mol. The van der Waals surface area contributed by atoms with Crippen molar-refractivity contribution in [1.82, 2.24) is 0 Å². The Morgan fingerprint density at radius 1 is 1.33 bits per heavy atom. The molecule has 0 aromatic carbocycles. The van der Waals surface area contributed by atoms with Gasteiger partial charge in [0, 0.05) is 0 Å². The number of ether oxygens (including phenoxy) is 2. The first-order chi connectivity index (χ1) is 7.24. The van der Waals surface area contributed by atoms with E-state index in [2.05, 4.69) is 13.2 Å². The van der Waals surface area contributed by atoms with Gasteiger partial charge in [-0.05, 0) is 0 Å². The third kappa shape index (κ3) is 8.76. The standard InChI is InChI=1S/C7H11O2.C4H7O.Ti/c1-3-5-8-7-9-6-4-2;1-2-3-4-5;/h3-4,7H,1-2,5-6H2;2-3H2,1H3;. The molecule has 0 saturated heterocycles. The molecule has 15 heavy (non-hydrogen) atoms. The van der Waals surface area contributed by atoms with E-state index in [9.17, 15) is 4.79 Å². The molecule has 0 heterocycles. The van der Waals surface area contributed by atoms with Gasteiger partial charge in [-0.2, -0.15) is 0 Å². The van der Waals surface area contributed by atoms with Gasteiger partial charge in [0.25, 0.3) is 0 Å². The molecule has 0 saturated carbocycles. The molecular formula is C11H18O3Ti. The zero-order valence-electron chi connectivity index (χ0n) is 9.20. The van der Waals surface area contributed by atoms with Crippen molar-refractivity contribution in [1.29, 1.82) is 0 Å². The Hall–Kier alpha value is -0.216. The van der Waals surface area contributed by atoms with Crippen LogP contribution in [0.4, 0.5) is 0 Å². The van der Waals surface area contributed by atoms with E-state index in [-0.39, 0.29) is 8.68 Å². The molecule has 0 rings (SSSR count). The number of carbonyl (C=O) groups is 1. The van der Waals surface area contributed by atoms with Gasteiger partial charge in [0.15, 0.2) is 0 Å². The summed E-state index contributed by atoms with van der Waals surface area (Å²) < 4.78 is 10.7. The normalized spacial score (nSPS) is 10.0. The molecule has 0 aromatic rings. The SMILES string of the molecule is C=CCO[CH](OCC=C)[Ti][C](=O)CCC. The third-order valence-electron chi connectivity index (χ3n) is 1.49. The second-order valence-electron chi connectivity index (χ2n) is 2.89. The van der Waals surface area contributed by atoms with E-state index in [1.165, 1.54) is 0 Å². The zero-order chi connectivity index (χ0) is 11.5. The summed E-state index contributed by atoms with van der Waals surface area (Å²) in [4.78, 5) is 11.4. The van der Waals surface area contributed by atoms with Crippen LogP contribution in [-0.2, 0) is 33.4 Å². The van der Waals surface area contributed by atoms with Crippen molar-refractivity contribution >= 4 is 4.09 Å². The maximum atomic E-state index is 11.4. The molecule has 0 aliphatic rings. The molecule has 0 radical (unpaired) electrons. The zero-order valence-corrected chi connectivity index (χ0v) is 10.8. The fourth-order valence-electron chi connectivity index (χ4n) is 0.873. The first-order valence-corrected chi connectivity index (χ1v) is 6.67. The number of hydrogen-bond acceptors (Lipinski definition) is 3. The van der Waals surface area contributed by atoms with Crippen molar-refractivity contribution < 1.29 is 33.4 Å². The van der Waals surface area contributed by atoms with E-state index in [1.54, 1.807) is 12.2 Å². The second kappa shape index (κ2) is 10.3. The van der Waals surface area contributed by atoms with Crippen molar-refractivity contribution in [2.75, 3.05) is 13.2 Å². The van der Waals surface area contributed by atoms with Crippen molar-refractivity contribution in [2.24, 2.45) is 0 Å². The second-order valence-corrected chi connectivity index (χ2v) is 4.95. The Labute approximate surface area is 100 Å². The van der Waals surface area contributed by atoms with Gasteiger partial charge in [-0.3, -0.25) is 0 Å². The van der Waals surface area contributed by atoms with Crippen LogP contribution in [0.25, 0.3) is 0 Å². The van der Waals surface area contributed by atoms with Gasteiger partial charge in [-0.1, -0.05) is 0 Å². The summed E-state index contributed by atoms with van der Waals surface area (Å²) in [6.07, 6.45) is 4.82. The van der Waals surface area contributed by atoms with E-state index in [1.807, 2.05) is 6.92 Å². The molecule has 0 amide bonds. The molecule has 0 N–H and O–H groups in total. The van der Waals surface area contributed by atoms with Crippen LogP contribution in [-0.4, -0.2) is 21.9 Å². The fourth-order valence-corrected chi connectivity index (χ4v) is 2.46. The minimum absolute atomic E-state index is 0.288. The predicted octanol–water partition coefficient (Wildman–Crippen LogP) is 2.08. The van der Waals surface area contributed by atoms with Crippen LogP contribution >= 0.6 is 0 Å². The van der Waals surface area contributed by atoms with Crippen LogP contribution in [0.2, 0.25) is 0 Å². The Balaban J connectivity index is 3.91. The maximum absolute atomic E-state index is 11.4. The van der Waals surface area contributed by atoms with Gasteiger partial charge < -0.3 is 0 Å². The van der Waals surface area contributed by atoms with Crippen molar-refractivity contribution in [2.45, 2.75) is 24.4 Å². The molecule has 0 aromatic heterocycles. The molecule has 0 fully saturated rings. The first-order valence-electron chi connectivity index (χ1n) is 4.99. The van der Waals surface area contributed by atoms with E-state index >= 15 is 0 Å². The van der Waals surface area contributed by atoms with Crippen LogP contribution in [0.3, 0.4) is 0 Å². The van der Waals surface area contributed by atoms with E-state index in [0.717, 1.165) is 6.42 Å². The summed E-state index contributed by atoms with van der Waals surface area (Å²) in [5.74, 6) is 0. The van der Waals surface area contributed by atoms with Crippen LogP contribution in [0, 0.1) is 0 Å². The van der Waals surface area contributed by atoms with Gasteiger partial charge in [0.2, 0.25) is 0 Å². The van der Waals surface area contributed by atoms with E-state index in [4.69, 9.17) is 9.47 Å². The Morgan fingerprint density at radius 2 is 1.87 bits per heavy atom. The molecule has 3 nitrogen and oxygen atoms in total. The van der Waals surface area contributed by atoms with E-state index in [0.29, 0.717) is 19.6 Å². The third-order valence-corrected chi connectivity index (χ3v) is 3.27. The van der Waals surface area contributed by atoms with Gasteiger partial charge in [-0.25, -0.2) is 0 Å². The Bertz CT molecular complexity index is 192. The topological polar surface area (TPSA) is 35.5 Å². The fraction of sp³-hybridized carbons (Fsp3) is 0.545. The summed E-state index contributed by atoms with van der Waals surface area (Å²) in [6.45, 7) is 9.95.